The summed E-state index contributed by atoms with van der Waals surface area (Å²) in [5.74, 6) is -0.289. The third-order valence-electron chi connectivity index (χ3n) is 2.11. The van der Waals surface area contributed by atoms with Crippen LogP contribution < -0.4 is 0 Å². The average molecular weight is 213 g/mol. The SMILES string of the molecule is CC(C)n1nc(Cl)c2cc(F)ccc21. The molecule has 2 nitrogen and oxygen atoms in total. The van der Waals surface area contributed by atoms with Crippen LogP contribution in [-0.4, -0.2) is 9.78 Å². The number of aromatic nitrogens is 2. The topological polar surface area (TPSA) is 17.8 Å². The summed E-state index contributed by atoms with van der Waals surface area (Å²) in [6, 6.07) is 4.74. The van der Waals surface area contributed by atoms with Gasteiger partial charge in [0.05, 0.1) is 5.52 Å². The number of benzene rings is 1. The monoisotopic (exact) mass is 212 g/mol. The van der Waals surface area contributed by atoms with Crippen LogP contribution in [0.25, 0.3) is 10.9 Å². The fraction of sp³-hybridized carbons (Fsp3) is 0.300. The summed E-state index contributed by atoms with van der Waals surface area (Å²) in [6.45, 7) is 4.01. The number of halogens is 2. The number of rotatable bonds is 1. The van der Waals surface area contributed by atoms with Gasteiger partial charge in [0.15, 0.2) is 5.15 Å². The Hall–Kier alpha value is -1.09. The van der Waals surface area contributed by atoms with Crippen molar-refractivity contribution in [1.29, 1.82) is 0 Å². The van der Waals surface area contributed by atoms with Crippen molar-refractivity contribution in [3.8, 4) is 0 Å². The van der Waals surface area contributed by atoms with Gasteiger partial charge < -0.3 is 0 Å². The molecule has 0 saturated carbocycles. The highest BCUT2D eigenvalue weighted by atomic mass is 35.5. The molecule has 1 heterocycles. The molecule has 2 aromatic rings. The second-order valence-electron chi connectivity index (χ2n) is 3.49. The Kier molecular flexibility index (Phi) is 2.19. The van der Waals surface area contributed by atoms with E-state index in [4.69, 9.17) is 11.6 Å². The van der Waals surface area contributed by atoms with Crippen LogP contribution in [0.5, 0.6) is 0 Å². The lowest BCUT2D eigenvalue weighted by Crippen LogP contribution is -2.01. The van der Waals surface area contributed by atoms with Crippen LogP contribution in [0.2, 0.25) is 5.15 Å². The van der Waals surface area contributed by atoms with Gasteiger partial charge in [-0.1, -0.05) is 11.6 Å². The Morgan fingerprint density at radius 3 is 2.79 bits per heavy atom. The molecule has 14 heavy (non-hydrogen) atoms. The van der Waals surface area contributed by atoms with E-state index >= 15 is 0 Å². The smallest absolute Gasteiger partial charge is 0.159 e. The lowest BCUT2D eigenvalue weighted by atomic mass is 10.2. The summed E-state index contributed by atoms with van der Waals surface area (Å²) in [7, 11) is 0. The fourth-order valence-corrected chi connectivity index (χ4v) is 1.70. The number of hydrogen-bond donors (Lipinski definition) is 0. The second kappa shape index (κ2) is 3.24. The van der Waals surface area contributed by atoms with Crippen LogP contribution in [0.4, 0.5) is 4.39 Å². The first kappa shape index (κ1) is 9.46. The molecule has 0 aliphatic rings. The number of fused-ring (bicyclic) bond motifs is 1. The molecule has 0 fully saturated rings. The molecule has 0 atom stereocenters. The van der Waals surface area contributed by atoms with Crippen molar-refractivity contribution in [2.75, 3.05) is 0 Å². The quantitative estimate of drug-likeness (QED) is 0.709. The van der Waals surface area contributed by atoms with E-state index in [1.807, 2.05) is 13.8 Å². The maximum absolute atomic E-state index is 12.9. The lowest BCUT2D eigenvalue weighted by Gasteiger charge is -2.05. The molecule has 4 heteroatoms. The summed E-state index contributed by atoms with van der Waals surface area (Å²) in [5, 5.41) is 5.17. The molecule has 74 valence electrons. The van der Waals surface area contributed by atoms with Crippen LogP contribution in [-0.2, 0) is 0 Å². The standard InChI is InChI=1S/C10H10ClFN2/c1-6(2)14-9-4-3-7(12)5-8(9)10(11)13-14/h3-6H,1-2H3. The molecule has 0 radical (unpaired) electrons. The van der Waals surface area contributed by atoms with Crippen molar-refractivity contribution in [1.82, 2.24) is 9.78 Å². The Bertz CT molecular complexity index is 476. The Morgan fingerprint density at radius 1 is 1.43 bits per heavy atom. The van der Waals surface area contributed by atoms with Crippen molar-refractivity contribution in [2.24, 2.45) is 0 Å². The van der Waals surface area contributed by atoms with Crippen molar-refractivity contribution < 1.29 is 4.39 Å². The predicted molar refractivity (Wildman–Crippen MR) is 55.1 cm³/mol. The first-order valence-electron chi connectivity index (χ1n) is 4.43. The van der Waals surface area contributed by atoms with Gasteiger partial charge in [-0.3, -0.25) is 4.68 Å². The van der Waals surface area contributed by atoms with Gasteiger partial charge in [-0.05, 0) is 32.0 Å². The van der Waals surface area contributed by atoms with Gasteiger partial charge in [-0.25, -0.2) is 4.39 Å². The minimum Gasteiger partial charge on any atom is -0.261 e. The van der Waals surface area contributed by atoms with Gasteiger partial charge in [-0.2, -0.15) is 5.10 Å². The van der Waals surface area contributed by atoms with Crippen LogP contribution in [0.3, 0.4) is 0 Å². The molecule has 0 N–H and O–H groups in total. The molecule has 1 aromatic heterocycles. The molecular formula is C10H10ClFN2. The Labute approximate surface area is 86.3 Å². The first-order valence-corrected chi connectivity index (χ1v) is 4.80. The van der Waals surface area contributed by atoms with Crippen LogP contribution >= 0.6 is 11.6 Å². The van der Waals surface area contributed by atoms with E-state index in [-0.39, 0.29) is 11.9 Å². The van der Waals surface area contributed by atoms with E-state index in [9.17, 15) is 4.39 Å². The maximum Gasteiger partial charge on any atom is 0.159 e. The highest BCUT2D eigenvalue weighted by Crippen LogP contribution is 2.25. The van der Waals surface area contributed by atoms with E-state index in [2.05, 4.69) is 5.10 Å². The van der Waals surface area contributed by atoms with Gasteiger partial charge in [0.25, 0.3) is 0 Å². The molecule has 0 aliphatic heterocycles. The van der Waals surface area contributed by atoms with E-state index in [1.54, 1.807) is 10.7 Å². The number of nitrogens with zero attached hydrogens (tertiary/aromatic N) is 2. The van der Waals surface area contributed by atoms with Gasteiger partial charge in [0, 0.05) is 11.4 Å². The zero-order valence-corrected chi connectivity index (χ0v) is 8.72. The van der Waals surface area contributed by atoms with Crippen LogP contribution in [0.1, 0.15) is 19.9 Å². The molecule has 0 bridgehead atoms. The van der Waals surface area contributed by atoms with Crippen molar-refractivity contribution >= 4 is 22.5 Å². The van der Waals surface area contributed by atoms with Gasteiger partial charge in [-0.15, -0.1) is 0 Å². The first-order chi connectivity index (χ1) is 6.59. The molecule has 0 spiro atoms. The molecule has 0 unspecified atom stereocenters. The summed E-state index contributed by atoms with van der Waals surface area (Å²) < 4.78 is 14.7. The maximum atomic E-state index is 12.9. The summed E-state index contributed by atoms with van der Waals surface area (Å²) in [6.07, 6.45) is 0. The molecular weight excluding hydrogens is 203 g/mol. The summed E-state index contributed by atoms with van der Waals surface area (Å²) in [5.41, 5.74) is 0.867. The van der Waals surface area contributed by atoms with Crippen molar-refractivity contribution in [2.45, 2.75) is 19.9 Å². The average Bonchev–Trinajstić information content (AvgIpc) is 2.44. The normalized spacial score (nSPS) is 11.5. The van der Waals surface area contributed by atoms with Crippen LogP contribution in [0.15, 0.2) is 18.2 Å². The molecule has 0 amide bonds. The van der Waals surface area contributed by atoms with E-state index < -0.39 is 0 Å². The molecule has 0 aliphatic carbocycles. The van der Waals surface area contributed by atoms with E-state index in [0.29, 0.717) is 10.5 Å². The third-order valence-corrected chi connectivity index (χ3v) is 2.39. The largest absolute Gasteiger partial charge is 0.261 e. The van der Waals surface area contributed by atoms with Gasteiger partial charge >= 0.3 is 0 Å². The highest BCUT2D eigenvalue weighted by molar-refractivity contribution is 6.34. The minimum atomic E-state index is -0.289. The van der Waals surface area contributed by atoms with Crippen LogP contribution in [0, 0.1) is 5.82 Å². The Morgan fingerprint density at radius 2 is 2.14 bits per heavy atom. The zero-order chi connectivity index (χ0) is 10.3. The zero-order valence-electron chi connectivity index (χ0n) is 7.96. The third kappa shape index (κ3) is 1.38. The number of hydrogen-bond acceptors (Lipinski definition) is 1. The minimum absolute atomic E-state index is 0.218. The second-order valence-corrected chi connectivity index (χ2v) is 3.85. The summed E-state index contributed by atoms with van der Waals surface area (Å²) >= 11 is 5.90. The predicted octanol–water partition coefficient (Wildman–Crippen LogP) is 3.41. The summed E-state index contributed by atoms with van der Waals surface area (Å²) in [4.78, 5) is 0. The van der Waals surface area contributed by atoms with Gasteiger partial charge in [0.1, 0.15) is 5.82 Å². The molecule has 0 saturated heterocycles. The van der Waals surface area contributed by atoms with Gasteiger partial charge in [0.2, 0.25) is 0 Å². The highest BCUT2D eigenvalue weighted by Gasteiger charge is 2.11. The fourth-order valence-electron chi connectivity index (χ4n) is 1.47. The Balaban J connectivity index is 2.77. The molecule has 1 aromatic carbocycles. The van der Waals surface area contributed by atoms with Crippen molar-refractivity contribution in [3.05, 3.63) is 29.2 Å². The lowest BCUT2D eigenvalue weighted by molar-refractivity contribution is 0.551. The van der Waals surface area contributed by atoms with E-state index in [0.717, 1.165) is 5.52 Å². The van der Waals surface area contributed by atoms with E-state index in [1.165, 1.54) is 12.1 Å². The van der Waals surface area contributed by atoms with Crippen molar-refractivity contribution in [3.63, 3.8) is 0 Å². The molecule has 2 rings (SSSR count).